The fourth-order valence-corrected chi connectivity index (χ4v) is 4.01. The van der Waals surface area contributed by atoms with Gasteiger partial charge in [-0.15, -0.1) is 10.2 Å². The smallest absolute Gasteiger partial charge is 0.248 e. The first-order valence-electron chi connectivity index (χ1n) is 11.0. The van der Waals surface area contributed by atoms with Gasteiger partial charge in [0, 0.05) is 22.3 Å². The number of amides is 1. The predicted octanol–water partition coefficient (Wildman–Crippen LogP) is 6.96. The van der Waals surface area contributed by atoms with Gasteiger partial charge in [-0.1, -0.05) is 35.3 Å². The zero-order chi connectivity index (χ0) is 25.2. The molecule has 1 amide bonds. The first kappa shape index (κ1) is 23.7. The summed E-state index contributed by atoms with van der Waals surface area (Å²) in [6.07, 6.45) is 3.02. The maximum absolute atomic E-state index is 12.5. The van der Waals surface area contributed by atoms with Crippen molar-refractivity contribution in [3.8, 4) is 22.8 Å². The molecule has 0 spiro atoms. The summed E-state index contributed by atoms with van der Waals surface area (Å²) in [5.74, 6) is 1.48. The average molecular weight is 519 g/mol. The number of hydrogen-bond acceptors (Lipinski definition) is 5. The number of aromatic nitrogens is 3. The van der Waals surface area contributed by atoms with Crippen LogP contribution in [0.4, 0.5) is 5.69 Å². The molecule has 2 heterocycles. The number of fused-ring (bicyclic) bond motifs is 1. The Bertz CT molecular complexity index is 1620. The van der Waals surface area contributed by atoms with Gasteiger partial charge in [-0.05, 0) is 73.2 Å². The van der Waals surface area contributed by atoms with E-state index in [1.165, 1.54) is 10.9 Å². The van der Waals surface area contributed by atoms with E-state index in [0.29, 0.717) is 49.7 Å². The number of nitrogens with zero attached hydrogens (tertiary/aromatic N) is 3. The van der Waals surface area contributed by atoms with Crippen LogP contribution in [-0.2, 0) is 4.79 Å². The van der Waals surface area contributed by atoms with Crippen molar-refractivity contribution in [2.24, 2.45) is 0 Å². The second-order valence-corrected chi connectivity index (χ2v) is 8.81. The second kappa shape index (κ2) is 9.89. The van der Waals surface area contributed by atoms with Crippen LogP contribution in [0.3, 0.4) is 0 Å². The molecule has 0 atom stereocenters. The van der Waals surface area contributed by atoms with Crippen LogP contribution in [0, 0.1) is 6.92 Å². The molecule has 9 heteroatoms. The van der Waals surface area contributed by atoms with Gasteiger partial charge in [0.15, 0.2) is 0 Å². The molecule has 2 aromatic heterocycles. The number of carbonyl (C=O) groups excluding carboxylic acids is 1. The lowest BCUT2D eigenvalue weighted by molar-refractivity contribution is -0.111. The van der Waals surface area contributed by atoms with Gasteiger partial charge in [-0.2, -0.15) is 4.80 Å². The van der Waals surface area contributed by atoms with Crippen LogP contribution in [0.5, 0.6) is 5.75 Å². The van der Waals surface area contributed by atoms with Crippen LogP contribution in [0.15, 0.2) is 77.2 Å². The molecule has 0 bridgehead atoms. The number of carbonyl (C=O) groups is 1. The Hall–Kier alpha value is -4.07. The molecular formula is C27H20Cl2N4O3. The molecule has 0 aliphatic rings. The van der Waals surface area contributed by atoms with Gasteiger partial charge in [0.1, 0.15) is 28.3 Å². The molecule has 0 saturated heterocycles. The topological polar surface area (TPSA) is 82.2 Å². The number of furan rings is 1. The maximum Gasteiger partial charge on any atom is 0.248 e. The first-order chi connectivity index (χ1) is 17.4. The van der Waals surface area contributed by atoms with Crippen LogP contribution < -0.4 is 10.1 Å². The Morgan fingerprint density at radius 1 is 0.972 bits per heavy atom. The van der Waals surface area contributed by atoms with Gasteiger partial charge in [0.25, 0.3) is 0 Å². The van der Waals surface area contributed by atoms with Gasteiger partial charge >= 0.3 is 0 Å². The summed E-state index contributed by atoms with van der Waals surface area (Å²) in [5, 5.41) is 12.9. The normalized spacial score (nSPS) is 11.3. The highest BCUT2D eigenvalue weighted by molar-refractivity contribution is 6.32. The van der Waals surface area contributed by atoms with E-state index >= 15 is 0 Å². The molecule has 36 heavy (non-hydrogen) atoms. The van der Waals surface area contributed by atoms with E-state index in [2.05, 4.69) is 15.5 Å². The zero-order valence-electron chi connectivity index (χ0n) is 19.3. The summed E-state index contributed by atoms with van der Waals surface area (Å²) >= 11 is 12.4. The monoisotopic (exact) mass is 518 g/mol. The van der Waals surface area contributed by atoms with E-state index in [1.807, 2.05) is 37.3 Å². The zero-order valence-corrected chi connectivity index (χ0v) is 20.8. The molecule has 0 aliphatic carbocycles. The highest BCUT2D eigenvalue weighted by Gasteiger charge is 2.10. The summed E-state index contributed by atoms with van der Waals surface area (Å²) in [7, 11) is 1.56. The second-order valence-electron chi connectivity index (χ2n) is 8.00. The number of ether oxygens (including phenoxy) is 1. The number of methoxy groups -OCH3 is 1. The van der Waals surface area contributed by atoms with E-state index < -0.39 is 0 Å². The molecule has 0 aliphatic heterocycles. The number of halogens is 2. The molecule has 0 unspecified atom stereocenters. The molecule has 5 rings (SSSR count). The van der Waals surface area contributed by atoms with Crippen LogP contribution in [-0.4, -0.2) is 28.0 Å². The average Bonchev–Trinajstić information content (AvgIpc) is 3.51. The number of hydrogen-bond donors (Lipinski definition) is 1. The SMILES string of the molecule is COc1ccc(-n2nc3ccc(NC(=O)/C=C/c4ccc(-c5ccc(C)c(Cl)c5)o4)cc3n2)cc1Cl. The van der Waals surface area contributed by atoms with Crippen molar-refractivity contribution in [3.63, 3.8) is 0 Å². The van der Waals surface area contributed by atoms with E-state index in [9.17, 15) is 4.79 Å². The lowest BCUT2D eigenvalue weighted by Crippen LogP contribution is -2.07. The Labute approximate surface area is 216 Å². The van der Waals surface area contributed by atoms with E-state index in [-0.39, 0.29) is 5.91 Å². The van der Waals surface area contributed by atoms with Crippen LogP contribution in [0.1, 0.15) is 11.3 Å². The van der Waals surface area contributed by atoms with Crippen LogP contribution in [0.2, 0.25) is 10.0 Å². The Kier molecular flexibility index (Phi) is 6.50. The third kappa shape index (κ3) is 4.98. The minimum atomic E-state index is -0.306. The lowest BCUT2D eigenvalue weighted by Gasteiger charge is -2.04. The molecule has 0 radical (unpaired) electrons. The molecule has 5 aromatic rings. The van der Waals surface area contributed by atoms with Gasteiger partial charge in [0.2, 0.25) is 5.91 Å². The van der Waals surface area contributed by atoms with E-state index in [4.69, 9.17) is 32.4 Å². The minimum absolute atomic E-state index is 0.306. The summed E-state index contributed by atoms with van der Waals surface area (Å²) in [6.45, 7) is 1.94. The molecule has 1 N–H and O–H groups in total. The largest absolute Gasteiger partial charge is 0.495 e. The van der Waals surface area contributed by atoms with Gasteiger partial charge < -0.3 is 14.5 Å². The standard InChI is InChI=1S/C27H20Cl2N4O3/c1-16-3-4-17(13-21(16)28)25-11-7-20(36-25)8-12-27(34)30-18-5-9-23-24(14-18)32-33(31-23)19-6-10-26(35-2)22(29)15-19/h3-15H,1-2H3,(H,30,34)/b12-8+. The summed E-state index contributed by atoms with van der Waals surface area (Å²) in [5.41, 5.74) is 4.44. The van der Waals surface area contributed by atoms with Gasteiger partial charge in [0.05, 0.1) is 17.8 Å². The highest BCUT2D eigenvalue weighted by atomic mass is 35.5. The highest BCUT2D eigenvalue weighted by Crippen LogP contribution is 2.28. The summed E-state index contributed by atoms with van der Waals surface area (Å²) in [6, 6.07) is 19.9. The first-order valence-corrected chi connectivity index (χ1v) is 11.7. The summed E-state index contributed by atoms with van der Waals surface area (Å²) < 4.78 is 11.0. The summed E-state index contributed by atoms with van der Waals surface area (Å²) in [4.78, 5) is 14.0. The van der Waals surface area contributed by atoms with Crippen LogP contribution in [0.25, 0.3) is 34.1 Å². The molecular weight excluding hydrogens is 499 g/mol. The molecule has 0 saturated carbocycles. The fourth-order valence-electron chi connectivity index (χ4n) is 3.57. The van der Waals surface area contributed by atoms with Crippen LogP contribution >= 0.6 is 23.2 Å². The third-order valence-electron chi connectivity index (χ3n) is 5.50. The van der Waals surface area contributed by atoms with Crippen molar-refractivity contribution in [3.05, 3.63) is 94.2 Å². The van der Waals surface area contributed by atoms with Crippen molar-refractivity contribution >= 4 is 51.9 Å². The van der Waals surface area contributed by atoms with E-state index in [1.54, 1.807) is 49.6 Å². The number of rotatable bonds is 6. The van der Waals surface area contributed by atoms with Gasteiger partial charge in [-0.25, -0.2) is 0 Å². The molecule has 3 aromatic carbocycles. The van der Waals surface area contributed by atoms with Crippen molar-refractivity contribution in [1.29, 1.82) is 0 Å². The number of aryl methyl sites for hydroxylation is 1. The quantitative estimate of drug-likeness (QED) is 0.246. The number of nitrogens with one attached hydrogen (secondary N) is 1. The van der Waals surface area contributed by atoms with Crippen molar-refractivity contribution < 1.29 is 13.9 Å². The maximum atomic E-state index is 12.5. The fraction of sp³-hybridized carbons (Fsp3) is 0.0741. The van der Waals surface area contributed by atoms with Gasteiger partial charge in [-0.3, -0.25) is 4.79 Å². The Morgan fingerprint density at radius 3 is 2.58 bits per heavy atom. The lowest BCUT2D eigenvalue weighted by atomic mass is 10.1. The number of benzene rings is 3. The van der Waals surface area contributed by atoms with Crippen molar-refractivity contribution in [1.82, 2.24) is 15.0 Å². The Morgan fingerprint density at radius 2 is 1.81 bits per heavy atom. The predicted molar refractivity (Wildman–Crippen MR) is 142 cm³/mol. The Balaban J connectivity index is 1.28. The minimum Gasteiger partial charge on any atom is -0.495 e. The van der Waals surface area contributed by atoms with Crippen molar-refractivity contribution in [2.45, 2.75) is 6.92 Å². The third-order valence-corrected chi connectivity index (χ3v) is 6.20. The van der Waals surface area contributed by atoms with E-state index in [0.717, 1.165) is 11.1 Å². The van der Waals surface area contributed by atoms with Crippen molar-refractivity contribution in [2.75, 3.05) is 12.4 Å². The molecule has 7 nitrogen and oxygen atoms in total. The molecule has 0 fully saturated rings. The molecule has 180 valence electrons. The number of anilines is 1.